The van der Waals surface area contributed by atoms with Crippen LogP contribution >= 0.6 is 0 Å². The maximum absolute atomic E-state index is 5.35. The quantitative estimate of drug-likeness (QED) is 0.708. The second-order valence-electron chi connectivity index (χ2n) is 6.22. The van der Waals surface area contributed by atoms with Gasteiger partial charge in [0.25, 0.3) is 0 Å². The Bertz CT molecular complexity index is 687. The molecule has 3 heteroatoms. The highest BCUT2D eigenvalue weighted by atomic mass is 14.9. The zero-order valence-corrected chi connectivity index (χ0v) is 14.6. The zero-order valence-electron chi connectivity index (χ0n) is 14.6. The lowest BCUT2D eigenvalue weighted by Gasteiger charge is -2.00. The van der Waals surface area contributed by atoms with E-state index in [9.17, 15) is 0 Å². The van der Waals surface area contributed by atoms with Crippen molar-refractivity contribution in [2.24, 2.45) is 11.7 Å². The summed E-state index contributed by atoms with van der Waals surface area (Å²) in [5.41, 5.74) is 8.75. The predicted octanol–water partition coefficient (Wildman–Crippen LogP) is 4.81. The van der Waals surface area contributed by atoms with E-state index < -0.39 is 0 Å². The smallest absolute Gasteiger partial charge is 0.106 e. The van der Waals surface area contributed by atoms with Crippen LogP contribution in [0.25, 0.3) is 11.3 Å². The van der Waals surface area contributed by atoms with E-state index in [0.717, 1.165) is 23.9 Å². The topological polar surface area (TPSA) is 54.7 Å². The highest BCUT2D eigenvalue weighted by Gasteiger charge is 2.04. The number of hydrogen-bond acceptors (Lipinski definition) is 2. The van der Waals surface area contributed by atoms with Gasteiger partial charge in [0.1, 0.15) is 5.82 Å². The molecule has 1 aromatic heterocycles. The van der Waals surface area contributed by atoms with Gasteiger partial charge in [0.2, 0.25) is 0 Å². The first-order valence-corrected chi connectivity index (χ1v) is 8.52. The van der Waals surface area contributed by atoms with E-state index in [2.05, 4.69) is 35.9 Å². The molecule has 0 aliphatic rings. The Labute approximate surface area is 145 Å². The van der Waals surface area contributed by atoms with Crippen molar-refractivity contribution < 1.29 is 0 Å². The summed E-state index contributed by atoms with van der Waals surface area (Å²) >= 11 is 0. The third-order valence-electron chi connectivity index (χ3n) is 3.74. The lowest BCUT2D eigenvalue weighted by molar-refractivity contribution is 0.577. The lowest BCUT2D eigenvalue weighted by Crippen LogP contribution is -1.94. The van der Waals surface area contributed by atoms with Crippen LogP contribution in [0.1, 0.15) is 31.7 Å². The van der Waals surface area contributed by atoms with Gasteiger partial charge in [-0.15, -0.1) is 0 Å². The van der Waals surface area contributed by atoms with Gasteiger partial charge in [-0.3, -0.25) is 0 Å². The van der Waals surface area contributed by atoms with E-state index in [4.69, 9.17) is 5.73 Å². The van der Waals surface area contributed by atoms with E-state index in [0.29, 0.717) is 6.54 Å². The van der Waals surface area contributed by atoms with Crippen molar-refractivity contribution >= 4 is 0 Å². The van der Waals surface area contributed by atoms with E-state index >= 15 is 0 Å². The molecule has 0 fully saturated rings. The minimum Gasteiger partial charge on any atom is -0.348 e. The summed E-state index contributed by atoms with van der Waals surface area (Å²) in [5.74, 6) is 1.82. The number of aromatic nitrogens is 2. The number of hydrogen-bond donors (Lipinski definition) is 2. The molecule has 3 nitrogen and oxygen atoms in total. The van der Waals surface area contributed by atoms with Crippen molar-refractivity contribution in [1.82, 2.24) is 9.97 Å². The maximum Gasteiger partial charge on any atom is 0.106 e. The Morgan fingerprint density at radius 3 is 2.12 bits per heavy atom. The van der Waals surface area contributed by atoms with Crippen LogP contribution in [0.4, 0.5) is 0 Å². The molecule has 0 radical (unpaired) electrons. The molecule has 3 rings (SSSR count). The van der Waals surface area contributed by atoms with Crippen molar-refractivity contribution in [3.63, 3.8) is 0 Å². The fourth-order valence-electron chi connectivity index (χ4n) is 2.29. The van der Waals surface area contributed by atoms with Gasteiger partial charge in [0.15, 0.2) is 0 Å². The number of nitrogens with one attached hydrogen (secondary N) is 1. The summed E-state index contributed by atoms with van der Waals surface area (Å²) in [6.07, 6.45) is 4.21. The van der Waals surface area contributed by atoms with E-state index in [-0.39, 0.29) is 0 Å². The number of aryl methyl sites for hydroxylation is 1. The van der Waals surface area contributed by atoms with Gasteiger partial charge in [-0.25, -0.2) is 4.98 Å². The second-order valence-corrected chi connectivity index (χ2v) is 6.22. The molecule has 0 atom stereocenters. The molecule has 0 spiro atoms. The molecule has 0 bridgehead atoms. The molecule has 1 heterocycles. The molecular weight excluding hydrogens is 294 g/mol. The molecule has 126 valence electrons. The fourth-order valence-corrected chi connectivity index (χ4v) is 2.29. The molecule has 2 aromatic carbocycles. The molecule has 0 saturated carbocycles. The lowest BCUT2D eigenvalue weighted by atomic mass is 10.1. The molecule has 0 saturated heterocycles. The van der Waals surface area contributed by atoms with Crippen LogP contribution in [-0.2, 0) is 13.0 Å². The molecule has 0 aliphatic carbocycles. The van der Waals surface area contributed by atoms with Gasteiger partial charge in [-0.2, -0.15) is 0 Å². The minimum atomic E-state index is 0.640. The van der Waals surface area contributed by atoms with Gasteiger partial charge in [0.05, 0.1) is 5.69 Å². The van der Waals surface area contributed by atoms with Crippen LogP contribution in [-0.4, -0.2) is 9.97 Å². The van der Waals surface area contributed by atoms with Gasteiger partial charge in [-0.1, -0.05) is 74.5 Å². The van der Waals surface area contributed by atoms with Crippen LogP contribution in [0.5, 0.6) is 0 Å². The number of H-pyrrole nitrogens is 1. The van der Waals surface area contributed by atoms with Crippen LogP contribution in [0.3, 0.4) is 0 Å². The predicted molar refractivity (Wildman–Crippen MR) is 102 cm³/mol. The van der Waals surface area contributed by atoms with Crippen molar-refractivity contribution in [3.8, 4) is 11.3 Å². The van der Waals surface area contributed by atoms with Gasteiger partial charge < -0.3 is 10.7 Å². The zero-order chi connectivity index (χ0) is 17.2. The number of aromatic amines is 1. The number of benzene rings is 2. The highest BCUT2D eigenvalue weighted by Crippen LogP contribution is 2.17. The first kappa shape index (κ1) is 18.0. The van der Waals surface area contributed by atoms with E-state index in [1.807, 2.05) is 54.7 Å². The summed E-state index contributed by atoms with van der Waals surface area (Å²) < 4.78 is 0. The van der Waals surface area contributed by atoms with Crippen LogP contribution in [0, 0.1) is 5.92 Å². The molecule has 3 N–H and O–H groups in total. The van der Waals surface area contributed by atoms with Crippen LogP contribution in [0.2, 0.25) is 0 Å². The van der Waals surface area contributed by atoms with Crippen LogP contribution in [0.15, 0.2) is 66.9 Å². The molecule has 24 heavy (non-hydrogen) atoms. The highest BCUT2D eigenvalue weighted by molar-refractivity contribution is 5.57. The number of nitrogens with two attached hydrogens (primary N) is 1. The fraction of sp³-hybridized carbons (Fsp3) is 0.286. The molecule has 3 aromatic rings. The number of imidazole rings is 1. The van der Waals surface area contributed by atoms with Gasteiger partial charge in [0, 0.05) is 24.7 Å². The summed E-state index contributed by atoms with van der Waals surface area (Å²) in [7, 11) is 0. The summed E-state index contributed by atoms with van der Waals surface area (Å²) in [5, 5.41) is 0. The Balaban J connectivity index is 0.000000219. The summed E-state index contributed by atoms with van der Waals surface area (Å²) in [4.78, 5) is 7.85. The molecular formula is C21H27N3. The third-order valence-corrected chi connectivity index (χ3v) is 3.74. The van der Waals surface area contributed by atoms with Gasteiger partial charge in [-0.05, 0) is 17.9 Å². The average Bonchev–Trinajstić information content (AvgIpc) is 3.11. The molecule has 0 aliphatic heterocycles. The van der Waals surface area contributed by atoms with Gasteiger partial charge >= 0.3 is 0 Å². The largest absolute Gasteiger partial charge is 0.348 e. The van der Waals surface area contributed by atoms with E-state index in [1.165, 1.54) is 17.5 Å². The van der Waals surface area contributed by atoms with Crippen molar-refractivity contribution in [2.45, 2.75) is 33.2 Å². The number of nitrogens with zero attached hydrogens (tertiary/aromatic N) is 1. The molecule has 0 unspecified atom stereocenters. The third kappa shape index (κ3) is 6.01. The first-order valence-electron chi connectivity index (χ1n) is 8.52. The normalized spacial score (nSPS) is 10.3. The minimum absolute atomic E-state index is 0.640. The average molecular weight is 321 g/mol. The summed E-state index contributed by atoms with van der Waals surface area (Å²) in [6, 6.07) is 20.3. The Morgan fingerprint density at radius 2 is 1.58 bits per heavy atom. The van der Waals surface area contributed by atoms with Crippen molar-refractivity contribution in [1.29, 1.82) is 0 Å². The summed E-state index contributed by atoms with van der Waals surface area (Å²) in [6.45, 7) is 5.11. The number of rotatable bonds is 5. The Kier molecular flexibility index (Phi) is 7.24. The Hall–Kier alpha value is -2.39. The Morgan fingerprint density at radius 1 is 0.958 bits per heavy atom. The first-order chi connectivity index (χ1) is 11.7. The second kappa shape index (κ2) is 9.68. The van der Waals surface area contributed by atoms with E-state index in [1.54, 1.807) is 0 Å². The van der Waals surface area contributed by atoms with Crippen molar-refractivity contribution in [3.05, 3.63) is 78.2 Å². The maximum atomic E-state index is 5.35. The molecule has 0 amide bonds. The SMILES string of the molecule is CC(C)CCc1nc(-c2ccccc2)c[nH]1.NCc1ccccc1. The van der Waals surface area contributed by atoms with Crippen LogP contribution < -0.4 is 5.73 Å². The van der Waals surface area contributed by atoms with Crippen molar-refractivity contribution in [2.75, 3.05) is 0 Å². The monoisotopic (exact) mass is 321 g/mol. The standard InChI is InChI=1S/C14H18N2.C7H9N/c1-11(2)8-9-14-15-10-13(16-14)12-6-4-3-5-7-12;8-6-7-4-2-1-3-5-7/h3-7,10-11H,8-9H2,1-2H3,(H,15,16);1-5H,6,8H2.